The van der Waals surface area contributed by atoms with Crippen LogP contribution in [-0.2, 0) is 6.42 Å². The topological polar surface area (TPSA) is 28.7 Å². The molecule has 0 aliphatic heterocycles. The molecule has 104 valence electrons. The average molecular weight is 250 g/mol. The van der Waals surface area contributed by atoms with Crippen molar-refractivity contribution < 1.29 is 0 Å². The Morgan fingerprint density at radius 3 is 2.44 bits per heavy atom. The van der Waals surface area contributed by atoms with Gasteiger partial charge in [0.2, 0.25) is 0 Å². The minimum absolute atomic E-state index is 0.909. The molecule has 0 bridgehead atoms. The van der Waals surface area contributed by atoms with Gasteiger partial charge in [-0.25, -0.2) is 4.98 Å². The average Bonchev–Trinajstić information content (AvgIpc) is 2.90. The molecule has 0 spiro atoms. The Bertz CT molecular complexity index is 267. The smallest absolute Gasteiger partial charge is 0.106 e. The molecule has 18 heavy (non-hydrogen) atoms. The third-order valence-corrected chi connectivity index (χ3v) is 3.78. The molecule has 0 aromatic carbocycles. The molecule has 0 radical (unpaired) electrons. The van der Waals surface area contributed by atoms with Crippen molar-refractivity contribution in [2.75, 3.05) is 0 Å². The van der Waals surface area contributed by atoms with Crippen molar-refractivity contribution in [1.82, 2.24) is 9.97 Å². The van der Waals surface area contributed by atoms with Gasteiger partial charge < -0.3 is 4.98 Å². The number of nitrogens with zero attached hydrogens (tertiary/aromatic N) is 1. The fourth-order valence-corrected chi connectivity index (χ4v) is 2.56. The molecular weight excluding hydrogens is 220 g/mol. The van der Waals surface area contributed by atoms with Crippen LogP contribution in [0.15, 0.2) is 12.4 Å². The van der Waals surface area contributed by atoms with Gasteiger partial charge in [-0.1, -0.05) is 65.2 Å². The Hall–Kier alpha value is -0.790. The molecule has 0 saturated carbocycles. The van der Waals surface area contributed by atoms with Crippen molar-refractivity contribution in [2.45, 2.75) is 78.1 Å². The second-order valence-corrected chi connectivity index (χ2v) is 5.43. The predicted molar refractivity (Wildman–Crippen MR) is 78.7 cm³/mol. The Morgan fingerprint density at radius 2 is 1.78 bits per heavy atom. The van der Waals surface area contributed by atoms with E-state index in [0.717, 1.165) is 18.2 Å². The van der Waals surface area contributed by atoms with Crippen molar-refractivity contribution in [1.29, 1.82) is 0 Å². The van der Waals surface area contributed by atoms with Crippen molar-refractivity contribution in [2.24, 2.45) is 5.92 Å². The van der Waals surface area contributed by atoms with Gasteiger partial charge in [-0.3, -0.25) is 0 Å². The summed E-state index contributed by atoms with van der Waals surface area (Å²) < 4.78 is 0. The van der Waals surface area contributed by atoms with Crippen LogP contribution in [0.2, 0.25) is 0 Å². The zero-order chi connectivity index (χ0) is 13.1. The maximum absolute atomic E-state index is 4.32. The zero-order valence-corrected chi connectivity index (χ0v) is 12.3. The Morgan fingerprint density at radius 1 is 1.00 bits per heavy atom. The molecule has 1 heterocycles. The highest BCUT2D eigenvalue weighted by Gasteiger charge is 2.09. The molecule has 1 N–H and O–H groups in total. The first-order valence-corrected chi connectivity index (χ1v) is 7.85. The van der Waals surface area contributed by atoms with E-state index >= 15 is 0 Å². The van der Waals surface area contributed by atoms with Crippen LogP contribution in [0.1, 0.15) is 77.5 Å². The summed E-state index contributed by atoms with van der Waals surface area (Å²) in [5.41, 5.74) is 0. The maximum atomic E-state index is 4.32. The van der Waals surface area contributed by atoms with E-state index in [9.17, 15) is 0 Å². The molecule has 1 aromatic rings. The van der Waals surface area contributed by atoms with Crippen molar-refractivity contribution in [3.8, 4) is 0 Å². The minimum Gasteiger partial charge on any atom is -0.349 e. The van der Waals surface area contributed by atoms with Crippen LogP contribution >= 0.6 is 0 Å². The highest BCUT2D eigenvalue weighted by molar-refractivity contribution is 4.87. The van der Waals surface area contributed by atoms with Crippen LogP contribution in [0.4, 0.5) is 0 Å². The lowest BCUT2D eigenvalue weighted by molar-refractivity contribution is 0.386. The predicted octanol–water partition coefficient (Wildman–Crippen LogP) is 5.12. The standard InChI is InChI=1S/C16H30N2/c1-3-5-7-8-10-15(9-6-4-2)11-12-16-17-13-14-18-16/h13-15H,3-12H2,1-2H3,(H,17,18). The van der Waals surface area contributed by atoms with Crippen molar-refractivity contribution in [3.63, 3.8) is 0 Å². The summed E-state index contributed by atoms with van der Waals surface area (Å²) >= 11 is 0. The molecule has 0 aliphatic rings. The zero-order valence-electron chi connectivity index (χ0n) is 12.3. The molecule has 1 aromatic heterocycles. The molecule has 0 aliphatic carbocycles. The lowest BCUT2D eigenvalue weighted by Crippen LogP contribution is -2.04. The summed E-state index contributed by atoms with van der Waals surface area (Å²) in [6, 6.07) is 0. The number of aryl methyl sites for hydroxylation is 1. The highest BCUT2D eigenvalue weighted by atomic mass is 14.9. The summed E-state index contributed by atoms with van der Waals surface area (Å²) in [6.45, 7) is 4.58. The number of imidazole rings is 1. The van der Waals surface area contributed by atoms with E-state index in [1.54, 1.807) is 0 Å². The maximum Gasteiger partial charge on any atom is 0.106 e. The molecule has 1 rings (SSSR count). The first-order valence-electron chi connectivity index (χ1n) is 7.85. The largest absolute Gasteiger partial charge is 0.349 e. The number of nitrogens with one attached hydrogen (secondary N) is 1. The van der Waals surface area contributed by atoms with Crippen LogP contribution in [0, 0.1) is 5.92 Å². The first-order chi connectivity index (χ1) is 8.86. The normalized spacial score (nSPS) is 12.8. The van der Waals surface area contributed by atoms with E-state index in [1.807, 2.05) is 12.4 Å². The fourth-order valence-electron chi connectivity index (χ4n) is 2.56. The third-order valence-electron chi connectivity index (χ3n) is 3.78. The lowest BCUT2D eigenvalue weighted by Gasteiger charge is -2.15. The number of unbranched alkanes of at least 4 members (excludes halogenated alkanes) is 4. The molecule has 1 unspecified atom stereocenters. The van der Waals surface area contributed by atoms with Gasteiger partial charge in [-0.15, -0.1) is 0 Å². The van der Waals surface area contributed by atoms with Gasteiger partial charge in [0.1, 0.15) is 5.82 Å². The molecule has 2 heteroatoms. The Balaban J connectivity index is 2.21. The SMILES string of the molecule is CCCCCCC(CCCC)CCc1ncc[nH]1. The minimum atomic E-state index is 0.909. The monoisotopic (exact) mass is 250 g/mol. The Labute approximate surface area is 113 Å². The molecule has 0 amide bonds. The summed E-state index contributed by atoms with van der Waals surface area (Å²) in [7, 11) is 0. The number of hydrogen-bond donors (Lipinski definition) is 1. The van der Waals surface area contributed by atoms with E-state index in [-0.39, 0.29) is 0 Å². The second-order valence-electron chi connectivity index (χ2n) is 5.43. The van der Waals surface area contributed by atoms with E-state index in [4.69, 9.17) is 0 Å². The second kappa shape index (κ2) is 10.2. The molecular formula is C16H30N2. The quantitative estimate of drug-likeness (QED) is 0.543. The summed E-state index contributed by atoms with van der Waals surface area (Å²) in [5, 5.41) is 0. The van der Waals surface area contributed by atoms with Gasteiger partial charge >= 0.3 is 0 Å². The lowest BCUT2D eigenvalue weighted by atomic mass is 9.91. The molecule has 0 saturated heterocycles. The highest BCUT2D eigenvalue weighted by Crippen LogP contribution is 2.22. The number of aromatic amines is 1. The first kappa shape index (κ1) is 15.3. The molecule has 2 nitrogen and oxygen atoms in total. The number of hydrogen-bond acceptors (Lipinski definition) is 1. The van der Waals surface area contributed by atoms with Gasteiger partial charge in [-0.2, -0.15) is 0 Å². The van der Waals surface area contributed by atoms with Gasteiger partial charge in [0.25, 0.3) is 0 Å². The van der Waals surface area contributed by atoms with Crippen LogP contribution in [0.5, 0.6) is 0 Å². The number of aromatic nitrogens is 2. The van der Waals surface area contributed by atoms with Gasteiger partial charge in [0.15, 0.2) is 0 Å². The van der Waals surface area contributed by atoms with E-state index < -0.39 is 0 Å². The number of H-pyrrole nitrogens is 1. The molecule has 1 atom stereocenters. The van der Waals surface area contributed by atoms with Gasteiger partial charge in [0.05, 0.1) is 0 Å². The molecule has 0 fully saturated rings. The van der Waals surface area contributed by atoms with Crippen LogP contribution in [-0.4, -0.2) is 9.97 Å². The summed E-state index contributed by atoms with van der Waals surface area (Å²) in [5.74, 6) is 2.07. The van der Waals surface area contributed by atoms with Crippen LogP contribution in [0.3, 0.4) is 0 Å². The number of rotatable bonds is 11. The summed E-state index contributed by atoms with van der Waals surface area (Å²) in [4.78, 5) is 7.54. The third kappa shape index (κ3) is 6.83. The van der Waals surface area contributed by atoms with E-state index in [1.165, 1.54) is 57.8 Å². The van der Waals surface area contributed by atoms with Gasteiger partial charge in [0, 0.05) is 18.8 Å². The summed E-state index contributed by atoms with van der Waals surface area (Å²) in [6.07, 6.45) is 17.3. The van der Waals surface area contributed by atoms with E-state index in [0.29, 0.717) is 0 Å². The Kier molecular flexibility index (Phi) is 8.62. The van der Waals surface area contributed by atoms with Gasteiger partial charge in [-0.05, 0) is 12.3 Å². The fraction of sp³-hybridized carbons (Fsp3) is 0.812. The van der Waals surface area contributed by atoms with Crippen molar-refractivity contribution in [3.05, 3.63) is 18.2 Å². The van der Waals surface area contributed by atoms with E-state index in [2.05, 4.69) is 23.8 Å². The van der Waals surface area contributed by atoms with Crippen LogP contribution < -0.4 is 0 Å². The van der Waals surface area contributed by atoms with Crippen LogP contribution in [0.25, 0.3) is 0 Å². The van der Waals surface area contributed by atoms with Crippen molar-refractivity contribution >= 4 is 0 Å².